The van der Waals surface area contributed by atoms with Gasteiger partial charge >= 0.3 is 0 Å². The van der Waals surface area contributed by atoms with E-state index in [4.69, 9.17) is 0 Å². The quantitative estimate of drug-likeness (QED) is 0.855. The fourth-order valence-electron chi connectivity index (χ4n) is 1.63. The maximum atomic E-state index is 12.1. The van der Waals surface area contributed by atoms with Gasteiger partial charge in [-0.1, -0.05) is 12.1 Å². The maximum absolute atomic E-state index is 12.1. The second-order valence-electron chi connectivity index (χ2n) is 3.94. The second-order valence-corrected chi connectivity index (χ2v) is 3.94. The molecule has 0 atom stereocenters. The number of pyridine rings is 1. The molecule has 0 aliphatic carbocycles. The number of aromatic nitrogens is 1. The van der Waals surface area contributed by atoms with Crippen LogP contribution < -0.4 is 5.32 Å². The third kappa shape index (κ3) is 2.50. The molecule has 1 aromatic carbocycles. The van der Waals surface area contributed by atoms with E-state index in [1.807, 2.05) is 32.0 Å². The summed E-state index contributed by atoms with van der Waals surface area (Å²) in [5.41, 5.74) is 3.60. The van der Waals surface area contributed by atoms with Crippen molar-refractivity contribution in [2.24, 2.45) is 0 Å². The zero-order chi connectivity index (χ0) is 12.3. The fourth-order valence-corrected chi connectivity index (χ4v) is 1.63. The first-order chi connectivity index (χ1) is 8.18. The van der Waals surface area contributed by atoms with Gasteiger partial charge in [-0.15, -0.1) is 0 Å². The van der Waals surface area contributed by atoms with Crippen LogP contribution in [0, 0.1) is 13.8 Å². The molecule has 3 nitrogen and oxygen atoms in total. The van der Waals surface area contributed by atoms with Crippen molar-refractivity contribution >= 4 is 11.6 Å². The first-order valence-corrected chi connectivity index (χ1v) is 5.46. The van der Waals surface area contributed by atoms with Crippen molar-refractivity contribution in [3.63, 3.8) is 0 Å². The number of hydrogen-bond acceptors (Lipinski definition) is 2. The van der Waals surface area contributed by atoms with Crippen molar-refractivity contribution in [2.45, 2.75) is 13.8 Å². The first kappa shape index (κ1) is 11.3. The lowest BCUT2D eigenvalue weighted by Crippen LogP contribution is -2.13. The SMILES string of the molecule is Cc1cccc(C(=O)Nc2ccncc2)c1C. The Morgan fingerprint density at radius 1 is 1.12 bits per heavy atom. The molecule has 1 N–H and O–H groups in total. The Balaban J connectivity index is 2.24. The normalized spacial score (nSPS) is 10.0. The molecule has 0 fully saturated rings. The molecule has 0 unspecified atom stereocenters. The van der Waals surface area contributed by atoms with Crippen LogP contribution in [0.1, 0.15) is 21.5 Å². The van der Waals surface area contributed by atoms with Crippen LogP contribution in [-0.2, 0) is 0 Å². The summed E-state index contributed by atoms with van der Waals surface area (Å²) >= 11 is 0. The minimum absolute atomic E-state index is 0.0857. The van der Waals surface area contributed by atoms with Crippen LogP contribution >= 0.6 is 0 Å². The first-order valence-electron chi connectivity index (χ1n) is 5.46. The summed E-state index contributed by atoms with van der Waals surface area (Å²) < 4.78 is 0. The van der Waals surface area contributed by atoms with E-state index in [0.29, 0.717) is 5.56 Å². The summed E-state index contributed by atoms with van der Waals surface area (Å²) in [6, 6.07) is 9.26. The summed E-state index contributed by atoms with van der Waals surface area (Å²) in [6.07, 6.45) is 3.30. The van der Waals surface area contributed by atoms with Crippen LogP contribution in [-0.4, -0.2) is 10.9 Å². The van der Waals surface area contributed by atoms with E-state index in [1.54, 1.807) is 24.5 Å². The fraction of sp³-hybridized carbons (Fsp3) is 0.143. The van der Waals surface area contributed by atoms with Crippen LogP contribution in [0.5, 0.6) is 0 Å². The molecular formula is C14H14N2O. The third-order valence-corrected chi connectivity index (χ3v) is 2.79. The lowest BCUT2D eigenvalue weighted by atomic mass is 10.0. The second kappa shape index (κ2) is 4.78. The molecule has 1 amide bonds. The van der Waals surface area contributed by atoms with E-state index in [9.17, 15) is 4.79 Å². The van der Waals surface area contributed by atoms with Crippen LogP contribution in [0.2, 0.25) is 0 Å². The topological polar surface area (TPSA) is 42.0 Å². The molecular weight excluding hydrogens is 212 g/mol. The number of carbonyl (C=O) groups is 1. The Bertz CT molecular complexity index is 535. The van der Waals surface area contributed by atoms with Crippen molar-refractivity contribution in [3.8, 4) is 0 Å². The van der Waals surface area contributed by atoms with Gasteiger partial charge in [0.1, 0.15) is 0 Å². The lowest BCUT2D eigenvalue weighted by Gasteiger charge is -2.09. The number of anilines is 1. The van der Waals surface area contributed by atoms with E-state index in [0.717, 1.165) is 16.8 Å². The molecule has 0 radical (unpaired) electrons. The zero-order valence-electron chi connectivity index (χ0n) is 9.90. The van der Waals surface area contributed by atoms with E-state index in [2.05, 4.69) is 10.3 Å². The van der Waals surface area contributed by atoms with Gasteiger partial charge < -0.3 is 5.32 Å². The third-order valence-electron chi connectivity index (χ3n) is 2.79. The number of amides is 1. The molecule has 0 saturated carbocycles. The number of aryl methyl sites for hydroxylation is 1. The highest BCUT2D eigenvalue weighted by atomic mass is 16.1. The lowest BCUT2D eigenvalue weighted by molar-refractivity contribution is 0.102. The summed E-state index contributed by atoms with van der Waals surface area (Å²) in [6.45, 7) is 3.95. The molecule has 2 aromatic rings. The van der Waals surface area contributed by atoms with Crippen LogP contribution in [0.3, 0.4) is 0 Å². The number of nitrogens with zero attached hydrogens (tertiary/aromatic N) is 1. The molecule has 2 rings (SSSR count). The predicted octanol–water partition coefficient (Wildman–Crippen LogP) is 2.95. The number of nitrogens with one attached hydrogen (secondary N) is 1. The molecule has 1 aromatic heterocycles. The number of hydrogen-bond donors (Lipinski definition) is 1. The van der Waals surface area contributed by atoms with Gasteiger partial charge in [0, 0.05) is 23.6 Å². The van der Waals surface area contributed by atoms with Gasteiger partial charge in [-0.2, -0.15) is 0 Å². The van der Waals surface area contributed by atoms with E-state index < -0.39 is 0 Å². The standard InChI is InChI=1S/C14H14N2O/c1-10-4-3-5-13(11(10)2)14(17)16-12-6-8-15-9-7-12/h3-9H,1-2H3,(H,15,16,17). The molecule has 0 saturated heterocycles. The van der Waals surface area contributed by atoms with Crippen LogP contribution in [0.4, 0.5) is 5.69 Å². The molecule has 17 heavy (non-hydrogen) atoms. The Hall–Kier alpha value is -2.16. The van der Waals surface area contributed by atoms with Gasteiger partial charge in [0.15, 0.2) is 0 Å². The molecule has 1 heterocycles. The van der Waals surface area contributed by atoms with Gasteiger partial charge in [0.25, 0.3) is 5.91 Å². The smallest absolute Gasteiger partial charge is 0.255 e. The highest BCUT2D eigenvalue weighted by molar-refractivity contribution is 6.05. The van der Waals surface area contributed by atoms with Crippen molar-refractivity contribution < 1.29 is 4.79 Å². The minimum atomic E-state index is -0.0857. The minimum Gasteiger partial charge on any atom is -0.322 e. The van der Waals surface area contributed by atoms with Crippen molar-refractivity contribution in [3.05, 3.63) is 59.4 Å². The molecule has 0 aliphatic rings. The Kier molecular flexibility index (Phi) is 3.19. The summed E-state index contributed by atoms with van der Waals surface area (Å²) in [7, 11) is 0. The molecule has 86 valence electrons. The molecule has 0 spiro atoms. The Morgan fingerprint density at radius 2 is 1.82 bits per heavy atom. The Labute approximate surface area is 101 Å². The number of benzene rings is 1. The van der Waals surface area contributed by atoms with Crippen LogP contribution in [0.25, 0.3) is 0 Å². The number of rotatable bonds is 2. The Morgan fingerprint density at radius 3 is 2.53 bits per heavy atom. The van der Waals surface area contributed by atoms with Gasteiger partial charge in [-0.25, -0.2) is 0 Å². The van der Waals surface area contributed by atoms with Gasteiger partial charge in [-0.05, 0) is 43.2 Å². The largest absolute Gasteiger partial charge is 0.322 e. The van der Waals surface area contributed by atoms with Gasteiger partial charge in [0.05, 0.1) is 0 Å². The maximum Gasteiger partial charge on any atom is 0.255 e. The van der Waals surface area contributed by atoms with Gasteiger partial charge in [-0.3, -0.25) is 9.78 Å². The average molecular weight is 226 g/mol. The highest BCUT2D eigenvalue weighted by Crippen LogP contribution is 2.14. The highest BCUT2D eigenvalue weighted by Gasteiger charge is 2.09. The molecule has 0 bridgehead atoms. The predicted molar refractivity (Wildman–Crippen MR) is 68.1 cm³/mol. The summed E-state index contributed by atoms with van der Waals surface area (Å²) in [4.78, 5) is 16.0. The van der Waals surface area contributed by atoms with E-state index in [-0.39, 0.29) is 5.91 Å². The van der Waals surface area contributed by atoms with Crippen molar-refractivity contribution in [2.75, 3.05) is 5.32 Å². The molecule has 3 heteroatoms. The number of carbonyl (C=O) groups excluding carboxylic acids is 1. The zero-order valence-corrected chi connectivity index (χ0v) is 9.90. The molecule has 0 aliphatic heterocycles. The van der Waals surface area contributed by atoms with Crippen LogP contribution in [0.15, 0.2) is 42.7 Å². The van der Waals surface area contributed by atoms with Gasteiger partial charge in [0.2, 0.25) is 0 Å². The summed E-state index contributed by atoms with van der Waals surface area (Å²) in [5, 5.41) is 2.85. The summed E-state index contributed by atoms with van der Waals surface area (Å²) in [5.74, 6) is -0.0857. The van der Waals surface area contributed by atoms with Crippen molar-refractivity contribution in [1.29, 1.82) is 0 Å². The van der Waals surface area contributed by atoms with Crippen molar-refractivity contribution in [1.82, 2.24) is 4.98 Å². The van der Waals surface area contributed by atoms with E-state index >= 15 is 0 Å². The monoisotopic (exact) mass is 226 g/mol. The van der Waals surface area contributed by atoms with E-state index in [1.165, 1.54) is 0 Å². The average Bonchev–Trinajstić information content (AvgIpc) is 2.34.